The van der Waals surface area contributed by atoms with Crippen LogP contribution in [0.2, 0.25) is 0 Å². The van der Waals surface area contributed by atoms with Gasteiger partial charge in [-0.25, -0.2) is 14.8 Å². The van der Waals surface area contributed by atoms with E-state index in [1.807, 2.05) is 28.8 Å². The number of fused-ring (bicyclic) bond motifs is 2. The molecule has 9 heteroatoms. The van der Waals surface area contributed by atoms with Crippen LogP contribution in [0, 0.1) is 0 Å². The lowest BCUT2D eigenvalue weighted by molar-refractivity contribution is -0.123. The molecule has 35 heavy (non-hydrogen) atoms. The van der Waals surface area contributed by atoms with Crippen LogP contribution in [0.15, 0.2) is 77.6 Å². The van der Waals surface area contributed by atoms with Crippen LogP contribution in [0.1, 0.15) is 34.8 Å². The number of pyridine rings is 1. The molecule has 9 nitrogen and oxygen atoms in total. The Balaban J connectivity index is 1.30. The molecule has 1 amide bonds. The quantitative estimate of drug-likeness (QED) is 0.287. The Kier molecular flexibility index (Phi) is 5.58. The first kappa shape index (κ1) is 22.0. The van der Waals surface area contributed by atoms with Crippen LogP contribution in [0.5, 0.6) is 0 Å². The number of amides is 1. The third-order valence-corrected chi connectivity index (χ3v) is 5.50. The lowest BCUT2D eigenvalue weighted by Gasteiger charge is -2.13. The van der Waals surface area contributed by atoms with Crippen molar-refractivity contribution in [3.63, 3.8) is 0 Å². The van der Waals surface area contributed by atoms with E-state index in [9.17, 15) is 14.4 Å². The van der Waals surface area contributed by atoms with Gasteiger partial charge in [-0.2, -0.15) is 0 Å². The molecule has 0 aliphatic rings. The molecular formula is C26H20N4O5. The summed E-state index contributed by atoms with van der Waals surface area (Å²) in [5, 5.41) is 3.24. The number of furan rings is 1. The van der Waals surface area contributed by atoms with E-state index in [0.717, 1.165) is 11.0 Å². The van der Waals surface area contributed by atoms with Gasteiger partial charge in [0.25, 0.3) is 5.91 Å². The Hall–Kier alpha value is -4.79. The molecule has 2 aromatic carbocycles. The van der Waals surface area contributed by atoms with Crippen molar-refractivity contribution in [3.8, 4) is 5.82 Å². The second-order valence-electron chi connectivity index (χ2n) is 7.90. The van der Waals surface area contributed by atoms with Gasteiger partial charge in [-0.05, 0) is 43.3 Å². The molecule has 0 spiro atoms. The third-order valence-electron chi connectivity index (χ3n) is 5.50. The molecule has 1 atom stereocenters. The lowest BCUT2D eigenvalue weighted by atomic mass is 10.2. The molecule has 0 aliphatic heterocycles. The number of aromatic nitrogens is 3. The Morgan fingerprint density at radius 2 is 1.77 bits per heavy atom. The van der Waals surface area contributed by atoms with Gasteiger partial charge in [0.05, 0.1) is 22.3 Å². The summed E-state index contributed by atoms with van der Waals surface area (Å²) < 4.78 is 12.7. The maximum absolute atomic E-state index is 12.8. The number of carbonyl (C=O) groups is 3. The smallest absolute Gasteiger partial charge is 0.340 e. The highest BCUT2D eigenvalue weighted by molar-refractivity contribution is 6.11. The Morgan fingerprint density at radius 1 is 1.00 bits per heavy atom. The van der Waals surface area contributed by atoms with Gasteiger partial charge < -0.3 is 14.5 Å². The molecule has 0 saturated heterocycles. The molecular weight excluding hydrogens is 448 g/mol. The first-order valence-corrected chi connectivity index (χ1v) is 10.8. The van der Waals surface area contributed by atoms with E-state index < -0.39 is 18.0 Å². The van der Waals surface area contributed by atoms with Gasteiger partial charge in [0.15, 0.2) is 17.6 Å². The van der Waals surface area contributed by atoms with Crippen LogP contribution in [-0.2, 0) is 9.53 Å². The number of nitrogens with one attached hydrogen (secondary N) is 1. The number of rotatable bonds is 6. The summed E-state index contributed by atoms with van der Waals surface area (Å²) >= 11 is 0. The summed E-state index contributed by atoms with van der Waals surface area (Å²) in [5.41, 5.74) is 2.62. The summed E-state index contributed by atoms with van der Waals surface area (Å²) in [6.07, 6.45) is 1.91. The highest BCUT2D eigenvalue weighted by Crippen LogP contribution is 2.31. The fraction of sp³-hybridized carbons (Fsp3) is 0.115. The molecule has 5 aromatic rings. The van der Waals surface area contributed by atoms with Gasteiger partial charge in [-0.15, -0.1) is 0 Å². The van der Waals surface area contributed by atoms with E-state index in [0.29, 0.717) is 16.8 Å². The number of nitrogens with zero attached hydrogens (tertiary/aromatic N) is 3. The van der Waals surface area contributed by atoms with Crippen LogP contribution in [0.25, 0.3) is 27.8 Å². The number of ether oxygens (including phenoxy) is 1. The Labute approximate surface area is 199 Å². The van der Waals surface area contributed by atoms with Crippen LogP contribution in [0.3, 0.4) is 0 Å². The highest BCUT2D eigenvalue weighted by Gasteiger charge is 2.24. The minimum Gasteiger partial charge on any atom is -0.451 e. The lowest BCUT2D eigenvalue weighted by Crippen LogP contribution is -2.30. The number of hydrogen-bond donors (Lipinski definition) is 1. The number of ketones is 1. The van der Waals surface area contributed by atoms with Crippen molar-refractivity contribution in [2.24, 2.45) is 0 Å². The van der Waals surface area contributed by atoms with Crippen LogP contribution >= 0.6 is 0 Å². The predicted molar refractivity (Wildman–Crippen MR) is 129 cm³/mol. The maximum atomic E-state index is 12.8. The van der Waals surface area contributed by atoms with Crippen LogP contribution in [0.4, 0.5) is 5.69 Å². The summed E-state index contributed by atoms with van der Waals surface area (Å²) in [5.74, 6) is -1.01. The maximum Gasteiger partial charge on any atom is 0.340 e. The molecule has 1 N–H and O–H groups in total. The second-order valence-corrected chi connectivity index (χ2v) is 7.90. The van der Waals surface area contributed by atoms with Crippen molar-refractivity contribution in [2.75, 3.05) is 5.32 Å². The number of hydrogen-bond acceptors (Lipinski definition) is 7. The van der Waals surface area contributed by atoms with Crippen molar-refractivity contribution < 1.29 is 23.5 Å². The summed E-state index contributed by atoms with van der Waals surface area (Å²) in [7, 11) is 0. The van der Waals surface area contributed by atoms with E-state index in [1.54, 1.807) is 42.7 Å². The molecule has 5 rings (SSSR count). The molecule has 0 bridgehead atoms. The average molecular weight is 468 g/mol. The number of imidazole rings is 1. The Bertz CT molecular complexity index is 1580. The van der Waals surface area contributed by atoms with E-state index in [4.69, 9.17) is 9.15 Å². The molecule has 1 unspecified atom stereocenters. The highest BCUT2D eigenvalue weighted by atomic mass is 16.5. The van der Waals surface area contributed by atoms with Gasteiger partial charge >= 0.3 is 5.97 Å². The number of Topliss-reactive ketones (excluding diaryl/α,β-unsaturated/α-hetero) is 1. The summed E-state index contributed by atoms with van der Waals surface area (Å²) in [6, 6.07) is 17.8. The summed E-state index contributed by atoms with van der Waals surface area (Å²) in [4.78, 5) is 46.1. The van der Waals surface area contributed by atoms with Gasteiger partial charge in [0.2, 0.25) is 0 Å². The number of esters is 1. The van der Waals surface area contributed by atoms with Crippen molar-refractivity contribution in [1.82, 2.24) is 14.5 Å². The van der Waals surface area contributed by atoms with Crippen molar-refractivity contribution >= 4 is 45.3 Å². The van der Waals surface area contributed by atoms with Gasteiger partial charge in [-0.1, -0.05) is 24.3 Å². The van der Waals surface area contributed by atoms with Crippen LogP contribution in [-0.4, -0.2) is 38.3 Å². The topological polar surface area (TPSA) is 116 Å². The first-order chi connectivity index (χ1) is 16.9. The van der Waals surface area contributed by atoms with E-state index >= 15 is 0 Å². The molecule has 0 radical (unpaired) electrons. The largest absolute Gasteiger partial charge is 0.451 e. The second kappa shape index (κ2) is 8.86. The zero-order chi connectivity index (χ0) is 24.5. The molecule has 0 saturated carbocycles. The average Bonchev–Trinajstić information content (AvgIpc) is 3.46. The monoisotopic (exact) mass is 468 g/mol. The zero-order valence-corrected chi connectivity index (χ0v) is 18.9. The minimum absolute atomic E-state index is 0.0323. The predicted octanol–water partition coefficient (Wildman–Crippen LogP) is 4.55. The number of para-hydroxylation sites is 3. The SMILES string of the molecule is CC(=O)c1oc2ccccc2c1NC(=O)C(C)OC(=O)c1ccc(-n2cnc3ccccc32)nc1. The number of anilines is 1. The standard InChI is InChI=1S/C26H20N4O5/c1-15(31)24-23(18-7-3-6-10-21(18)35-24)29-25(32)16(2)34-26(33)17-11-12-22(27-13-17)30-14-28-19-8-4-5-9-20(19)30/h3-14,16H,1-2H3,(H,29,32). The Morgan fingerprint density at radius 3 is 2.54 bits per heavy atom. The minimum atomic E-state index is -1.13. The van der Waals surface area contributed by atoms with E-state index in [-0.39, 0.29) is 22.8 Å². The fourth-order valence-electron chi connectivity index (χ4n) is 3.72. The molecule has 0 fully saturated rings. The number of carbonyl (C=O) groups excluding carboxylic acids is 3. The van der Waals surface area contributed by atoms with Crippen molar-refractivity contribution in [2.45, 2.75) is 20.0 Å². The first-order valence-electron chi connectivity index (χ1n) is 10.8. The number of benzene rings is 2. The molecule has 0 aliphatic carbocycles. The van der Waals surface area contributed by atoms with E-state index in [1.165, 1.54) is 20.0 Å². The van der Waals surface area contributed by atoms with E-state index in [2.05, 4.69) is 15.3 Å². The van der Waals surface area contributed by atoms with Crippen LogP contribution < -0.4 is 5.32 Å². The zero-order valence-electron chi connectivity index (χ0n) is 18.9. The molecule has 174 valence electrons. The van der Waals surface area contributed by atoms with Gasteiger partial charge in [0.1, 0.15) is 17.7 Å². The fourth-order valence-corrected chi connectivity index (χ4v) is 3.72. The summed E-state index contributed by atoms with van der Waals surface area (Å²) in [6.45, 7) is 2.79. The third kappa shape index (κ3) is 4.15. The van der Waals surface area contributed by atoms with Crippen molar-refractivity contribution in [1.29, 1.82) is 0 Å². The van der Waals surface area contributed by atoms with Gasteiger partial charge in [0, 0.05) is 18.5 Å². The molecule has 3 aromatic heterocycles. The van der Waals surface area contributed by atoms with Gasteiger partial charge in [-0.3, -0.25) is 14.2 Å². The molecule has 3 heterocycles. The normalized spacial score (nSPS) is 11.9. The van der Waals surface area contributed by atoms with Crippen molar-refractivity contribution in [3.05, 3.63) is 84.5 Å².